The largest absolute Gasteiger partial charge is 0.388 e. The predicted octanol–water partition coefficient (Wildman–Crippen LogP) is 3.33. The standard InChI is InChI=1S/C16H25NO2/c1-19-12-14-7-6-8-15(11-14)17-13-16(18)9-4-2-3-5-10-16/h6-8,11,17-18H,2-5,9-10,12-13H2,1H3. The Labute approximate surface area is 116 Å². The van der Waals surface area contributed by atoms with Gasteiger partial charge >= 0.3 is 0 Å². The van der Waals surface area contributed by atoms with E-state index in [9.17, 15) is 5.11 Å². The second-order valence-electron chi connectivity index (χ2n) is 5.63. The molecule has 3 heteroatoms. The van der Waals surface area contributed by atoms with Crippen LogP contribution in [-0.2, 0) is 11.3 Å². The molecule has 0 atom stereocenters. The zero-order valence-corrected chi connectivity index (χ0v) is 11.8. The van der Waals surface area contributed by atoms with Gasteiger partial charge in [-0.25, -0.2) is 0 Å². The molecule has 0 unspecified atom stereocenters. The van der Waals surface area contributed by atoms with Crippen LogP contribution in [0.5, 0.6) is 0 Å². The molecular weight excluding hydrogens is 238 g/mol. The van der Waals surface area contributed by atoms with Crippen molar-refractivity contribution in [1.82, 2.24) is 0 Å². The van der Waals surface area contributed by atoms with Crippen molar-refractivity contribution in [3.05, 3.63) is 29.8 Å². The second-order valence-corrected chi connectivity index (χ2v) is 5.63. The molecule has 1 aliphatic carbocycles. The molecule has 1 saturated carbocycles. The van der Waals surface area contributed by atoms with Crippen molar-refractivity contribution in [3.8, 4) is 0 Å². The monoisotopic (exact) mass is 263 g/mol. The van der Waals surface area contributed by atoms with E-state index in [4.69, 9.17) is 4.74 Å². The molecule has 3 nitrogen and oxygen atoms in total. The summed E-state index contributed by atoms with van der Waals surface area (Å²) in [5.41, 5.74) is 1.68. The molecule has 2 rings (SSSR count). The fourth-order valence-corrected chi connectivity index (χ4v) is 2.77. The van der Waals surface area contributed by atoms with Gasteiger partial charge in [-0.3, -0.25) is 0 Å². The summed E-state index contributed by atoms with van der Waals surface area (Å²) in [6.07, 6.45) is 6.62. The van der Waals surface area contributed by atoms with Crippen molar-refractivity contribution in [3.63, 3.8) is 0 Å². The van der Waals surface area contributed by atoms with Gasteiger partial charge in [0.15, 0.2) is 0 Å². The van der Waals surface area contributed by atoms with Gasteiger partial charge in [-0.1, -0.05) is 37.8 Å². The molecule has 0 spiro atoms. The van der Waals surface area contributed by atoms with Gasteiger partial charge in [0.05, 0.1) is 12.2 Å². The topological polar surface area (TPSA) is 41.5 Å². The number of rotatable bonds is 5. The number of methoxy groups -OCH3 is 1. The van der Waals surface area contributed by atoms with Gasteiger partial charge < -0.3 is 15.2 Å². The number of aliphatic hydroxyl groups is 1. The number of hydrogen-bond donors (Lipinski definition) is 2. The van der Waals surface area contributed by atoms with Crippen LogP contribution < -0.4 is 5.32 Å². The maximum Gasteiger partial charge on any atom is 0.0819 e. The van der Waals surface area contributed by atoms with Gasteiger partial charge in [0, 0.05) is 19.3 Å². The molecule has 1 fully saturated rings. The number of hydrogen-bond acceptors (Lipinski definition) is 3. The molecule has 1 aromatic rings. The minimum absolute atomic E-state index is 0.534. The zero-order chi connectivity index (χ0) is 13.6. The van der Waals surface area contributed by atoms with E-state index < -0.39 is 5.60 Å². The first-order chi connectivity index (χ1) is 9.22. The van der Waals surface area contributed by atoms with E-state index in [-0.39, 0.29) is 0 Å². The smallest absolute Gasteiger partial charge is 0.0819 e. The quantitative estimate of drug-likeness (QED) is 0.801. The van der Waals surface area contributed by atoms with Crippen LogP contribution in [0.25, 0.3) is 0 Å². The van der Waals surface area contributed by atoms with Crippen LogP contribution in [0.3, 0.4) is 0 Å². The van der Waals surface area contributed by atoms with Crippen LogP contribution in [0.4, 0.5) is 5.69 Å². The van der Waals surface area contributed by atoms with Gasteiger partial charge in [-0.05, 0) is 30.5 Å². The highest BCUT2D eigenvalue weighted by Crippen LogP contribution is 2.27. The Kier molecular flexibility index (Phi) is 5.23. The molecule has 0 saturated heterocycles. The fraction of sp³-hybridized carbons (Fsp3) is 0.625. The third kappa shape index (κ3) is 4.51. The summed E-state index contributed by atoms with van der Waals surface area (Å²) >= 11 is 0. The maximum absolute atomic E-state index is 10.6. The van der Waals surface area contributed by atoms with Crippen LogP contribution in [-0.4, -0.2) is 24.4 Å². The van der Waals surface area contributed by atoms with E-state index >= 15 is 0 Å². The lowest BCUT2D eigenvalue weighted by molar-refractivity contribution is 0.0381. The molecule has 19 heavy (non-hydrogen) atoms. The van der Waals surface area contributed by atoms with Crippen LogP contribution >= 0.6 is 0 Å². The molecule has 2 N–H and O–H groups in total. The van der Waals surface area contributed by atoms with Crippen LogP contribution in [0, 0.1) is 0 Å². The van der Waals surface area contributed by atoms with Crippen LogP contribution in [0.1, 0.15) is 44.1 Å². The third-order valence-electron chi connectivity index (χ3n) is 3.89. The predicted molar refractivity (Wildman–Crippen MR) is 78.3 cm³/mol. The number of benzene rings is 1. The summed E-state index contributed by atoms with van der Waals surface area (Å²) in [6.45, 7) is 1.27. The average molecular weight is 263 g/mol. The van der Waals surface area contributed by atoms with Gasteiger partial charge in [0.2, 0.25) is 0 Å². The van der Waals surface area contributed by atoms with Crippen molar-refractivity contribution in [2.75, 3.05) is 19.0 Å². The van der Waals surface area contributed by atoms with Gasteiger partial charge in [-0.15, -0.1) is 0 Å². The van der Waals surface area contributed by atoms with Crippen LogP contribution in [0.15, 0.2) is 24.3 Å². The fourth-order valence-electron chi connectivity index (χ4n) is 2.77. The minimum atomic E-state index is -0.534. The molecule has 0 amide bonds. The van der Waals surface area contributed by atoms with Crippen molar-refractivity contribution in [2.45, 2.75) is 50.7 Å². The van der Waals surface area contributed by atoms with E-state index in [0.717, 1.165) is 36.9 Å². The lowest BCUT2D eigenvalue weighted by atomic mass is 9.94. The molecular formula is C16H25NO2. The Balaban J connectivity index is 1.91. The summed E-state index contributed by atoms with van der Waals surface area (Å²) in [4.78, 5) is 0. The summed E-state index contributed by atoms with van der Waals surface area (Å²) in [5, 5.41) is 14.0. The van der Waals surface area contributed by atoms with Gasteiger partial charge in [-0.2, -0.15) is 0 Å². The Morgan fingerprint density at radius 3 is 2.63 bits per heavy atom. The highest BCUT2D eigenvalue weighted by atomic mass is 16.5. The average Bonchev–Trinajstić information content (AvgIpc) is 2.63. The SMILES string of the molecule is COCc1cccc(NCC2(O)CCCCCC2)c1. The Morgan fingerprint density at radius 2 is 1.95 bits per heavy atom. The lowest BCUT2D eigenvalue weighted by Gasteiger charge is -2.27. The van der Waals surface area contributed by atoms with E-state index in [1.807, 2.05) is 12.1 Å². The van der Waals surface area contributed by atoms with Gasteiger partial charge in [0.1, 0.15) is 0 Å². The first kappa shape index (κ1) is 14.4. The van der Waals surface area contributed by atoms with Crippen molar-refractivity contribution >= 4 is 5.69 Å². The molecule has 106 valence electrons. The van der Waals surface area contributed by atoms with Crippen molar-refractivity contribution < 1.29 is 9.84 Å². The minimum Gasteiger partial charge on any atom is -0.388 e. The van der Waals surface area contributed by atoms with E-state index in [2.05, 4.69) is 17.4 Å². The summed E-state index contributed by atoms with van der Waals surface area (Å²) < 4.78 is 5.14. The number of nitrogens with one attached hydrogen (secondary N) is 1. The molecule has 0 aromatic heterocycles. The summed E-state index contributed by atoms with van der Waals surface area (Å²) in [5.74, 6) is 0. The summed E-state index contributed by atoms with van der Waals surface area (Å²) in [6, 6.07) is 8.20. The highest BCUT2D eigenvalue weighted by molar-refractivity contribution is 5.45. The molecule has 0 heterocycles. The molecule has 0 bridgehead atoms. The second kappa shape index (κ2) is 6.92. The van der Waals surface area contributed by atoms with E-state index in [1.165, 1.54) is 12.8 Å². The normalized spacial score (nSPS) is 18.8. The lowest BCUT2D eigenvalue weighted by Crippen LogP contribution is -2.36. The first-order valence-corrected chi connectivity index (χ1v) is 7.26. The zero-order valence-electron chi connectivity index (χ0n) is 11.8. The maximum atomic E-state index is 10.6. The van der Waals surface area contributed by atoms with E-state index in [0.29, 0.717) is 13.2 Å². The van der Waals surface area contributed by atoms with Gasteiger partial charge in [0.25, 0.3) is 0 Å². The Morgan fingerprint density at radius 1 is 1.21 bits per heavy atom. The third-order valence-corrected chi connectivity index (χ3v) is 3.89. The highest BCUT2D eigenvalue weighted by Gasteiger charge is 2.27. The number of anilines is 1. The Bertz CT molecular complexity index is 384. The van der Waals surface area contributed by atoms with Crippen LogP contribution in [0.2, 0.25) is 0 Å². The van der Waals surface area contributed by atoms with Crippen molar-refractivity contribution in [1.29, 1.82) is 0 Å². The number of ether oxygens (including phenoxy) is 1. The molecule has 1 aromatic carbocycles. The summed E-state index contributed by atoms with van der Waals surface area (Å²) in [7, 11) is 1.70. The van der Waals surface area contributed by atoms with E-state index in [1.54, 1.807) is 7.11 Å². The Hall–Kier alpha value is -1.06. The van der Waals surface area contributed by atoms with Crippen molar-refractivity contribution in [2.24, 2.45) is 0 Å². The molecule has 1 aliphatic rings. The molecule has 0 radical (unpaired) electrons. The first-order valence-electron chi connectivity index (χ1n) is 7.26. The molecule has 0 aliphatic heterocycles.